The summed E-state index contributed by atoms with van der Waals surface area (Å²) < 4.78 is 18.7. The van der Waals surface area contributed by atoms with E-state index in [4.69, 9.17) is 16.3 Å². The van der Waals surface area contributed by atoms with E-state index in [1.807, 2.05) is 4.90 Å². The molecule has 0 unspecified atom stereocenters. The molecule has 0 aliphatic carbocycles. The standard InChI is InChI=1S/C14H14ClFN4O/c1-21-11-5-4-9(16)8-10(11)12-17-13(15)19-14(18-12)20-6-2-3-7-20/h4-5,8H,2-3,6-7H2,1H3. The van der Waals surface area contributed by atoms with Gasteiger partial charge in [0.2, 0.25) is 11.2 Å². The minimum absolute atomic E-state index is 0.0909. The Balaban J connectivity index is 2.07. The molecule has 1 saturated heterocycles. The highest BCUT2D eigenvalue weighted by atomic mass is 35.5. The second-order valence-electron chi connectivity index (χ2n) is 4.77. The molecule has 0 radical (unpaired) electrons. The van der Waals surface area contributed by atoms with E-state index in [0.717, 1.165) is 25.9 Å². The summed E-state index contributed by atoms with van der Waals surface area (Å²) in [6.07, 6.45) is 2.20. The van der Waals surface area contributed by atoms with Gasteiger partial charge in [-0.15, -0.1) is 0 Å². The number of aromatic nitrogens is 3. The van der Waals surface area contributed by atoms with Crippen LogP contribution in [0.1, 0.15) is 12.8 Å². The highest BCUT2D eigenvalue weighted by Crippen LogP contribution is 2.30. The van der Waals surface area contributed by atoms with Crippen LogP contribution in [-0.2, 0) is 0 Å². The minimum Gasteiger partial charge on any atom is -0.496 e. The van der Waals surface area contributed by atoms with Gasteiger partial charge < -0.3 is 9.64 Å². The Kier molecular flexibility index (Phi) is 3.88. The smallest absolute Gasteiger partial charge is 0.230 e. The number of nitrogens with zero attached hydrogens (tertiary/aromatic N) is 4. The number of ether oxygens (including phenoxy) is 1. The van der Waals surface area contributed by atoms with Crippen molar-refractivity contribution in [3.8, 4) is 17.1 Å². The Morgan fingerprint density at radius 2 is 1.95 bits per heavy atom. The SMILES string of the molecule is COc1ccc(F)cc1-c1nc(Cl)nc(N2CCCC2)n1. The minimum atomic E-state index is -0.384. The highest BCUT2D eigenvalue weighted by molar-refractivity contribution is 6.28. The van der Waals surface area contributed by atoms with Crippen LogP contribution in [0, 0.1) is 5.82 Å². The maximum Gasteiger partial charge on any atom is 0.230 e. The van der Waals surface area contributed by atoms with Crippen molar-refractivity contribution in [2.45, 2.75) is 12.8 Å². The number of hydrogen-bond donors (Lipinski definition) is 0. The van der Waals surface area contributed by atoms with Crippen LogP contribution in [0.4, 0.5) is 10.3 Å². The Morgan fingerprint density at radius 1 is 1.19 bits per heavy atom. The number of benzene rings is 1. The summed E-state index contributed by atoms with van der Waals surface area (Å²) >= 11 is 5.99. The summed E-state index contributed by atoms with van der Waals surface area (Å²) in [5.74, 6) is 0.943. The Labute approximate surface area is 126 Å². The van der Waals surface area contributed by atoms with E-state index in [0.29, 0.717) is 23.1 Å². The third-order valence-corrected chi connectivity index (χ3v) is 3.56. The second kappa shape index (κ2) is 5.81. The van der Waals surface area contributed by atoms with Gasteiger partial charge in [0.1, 0.15) is 11.6 Å². The summed E-state index contributed by atoms with van der Waals surface area (Å²) in [4.78, 5) is 14.7. The summed E-state index contributed by atoms with van der Waals surface area (Å²) in [5, 5.41) is 0.0909. The molecule has 0 spiro atoms. The van der Waals surface area contributed by atoms with E-state index >= 15 is 0 Å². The van der Waals surface area contributed by atoms with Gasteiger partial charge in [0.15, 0.2) is 5.82 Å². The molecule has 7 heteroatoms. The van der Waals surface area contributed by atoms with Crippen LogP contribution in [0.3, 0.4) is 0 Å². The number of anilines is 1. The summed E-state index contributed by atoms with van der Waals surface area (Å²) in [5.41, 5.74) is 0.460. The summed E-state index contributed by atoms with van der Waals surface area (Å²) in [7, 11) is 1.51. The summed E-state index contributed by atoms with van der Waals surface area (Å²) in [6.45, 7) is 1.78. The fourth-order valence-corrected chi connectivity index (χ4v) is 2.53. The molecule has 0 atom stereocenters. The molecule has 1 aliphatic rings. The van der Waals surface area contributed by atoms with Gasteiger partial charge in [0.25, 0.3) is 0 Å². The second-order valence-corrected chi connectivity index (χ2v) is 5.10. The van der Waals surface area contributed by atoms with Crippen molar-refractivity contribution in [2.75, 3.05) is 25.1 Å². The highest BCUT2D eigenvalue weighted by Gasteiger charge is 2.19. The van der Waals surface area contributed by atoms with Gasteiger partial charge >= 0.3 is 0 Å². The number of rotatable bonds is 3. The largest absolute Gasteiger partial charge is 0.496 e. The average Bonchev–Trinajstić information content (AvgIpc) is 3.01. The molecule has 110 valence electrons. The number of hydrogen-bond acceptors (Lipinski definition) is 5. The summed E-state index contributed by atoms with van der Waals surface area (Å²) in [6, 6.07) is 4.20. The zero-order valence-electron chi connectivity index (χ0n) is 11.5. The maximum absolute atomic E-state index is 13.5. The van der Waals surface area contributed by atoms with E-state index in [2.05, 4.69) is 15.0 Å². The first-order valence-electron chi connectivity index (χ1n) is 6.68. The van der Waals surface area contributed by atoms with Crippen molar-refractivity contribution in [3.63, 3.8) is 0 Å². The lowest BCUT2D eigenvalue weighted by atomic mass is 10.2. The Bertz CT molecular complexity index is 661. The van der Waals surface area contributed by atoms with Crippen LogP contribution in [0.2, 0.25) is 5.28 Å². The zero-order valence-corrected chi connectivity index (χ0v) is 12.3. The van der Waals surface area contributed by atoms with Crippen LogP contribution in [0.25, 0.3) is 11.4 Å². The van der Waals surface area contributed by atoms with Gasteiger partial charge in [-0.05, 0) is 42.6 Å². The lowest BCUT2D eigenvalue weighted by molar-refractivity contribution is 0.415. The molecule has 1 aliphatic heterocycles. The number of halogens is 2. The lowest BCUT2D eigenvalue weighted by Gasteiger charge is -2.16. The third kappa shape index (κ3) is 2.90. The molecular weight excluding hydrogens is 295 g/mol. The third-order valence-electron chi connectivity index (χ3n) is 3.39. The van der Waals surface area contributed by atoms with Crippen LogP contribution in [-0.4, -0.2) is 35.2 Å². The fourth-order valence-electron chi connectivity index (χ4n) is 2.37. The van der Waals surface area contributed by atoms with E-state index in [9.17, 15) is 4.39 Å². The monoisotopic (exact) mass is 308 g/mol. The van der Waals surface area contributed by atoms with Gasteiger partial charge in [-0.2, -0.15) is 15.0 Å². The normalized spacial score (nSPS) is 14.5. The molecule has 0 bridgehead atoms. The first kappa shape index (κ1) is 14.0. The predicted molar refractivity (Wildman–Crippen MR) is 78.2 cm³/mol. The molecule has 2 aromatic rings. The molecule has 1 fully saturated rings. The molecule has 0 N–H and O–H groups in total. The van der Waals surface area contributed by atoms with Gasteiger partial charge in [-0.1, -0.05) is 0 Å². The predicted octanol–water partition coefficient (Wildman–Crippen LogP) is 2.94. The quantitative estimate of drug-likeness (QED) is 0.872. The molecule has 5 nitrogen and oxygen atoms in total. The van der Waals surface area contributed by atoms with Gasteiger partial charge in [-0.25, -0.2) is 4.39 Å². The van der Waals surface area contributed by atoms with Gasteiger partial charge in [0.05, 0.1) is 12.7 Å². The molecule has 1 aromatic carbocycles. The van der Waals surface area contributed by atoms with Crippen molar-refractivity contribution < 1.29 is 9.13 Å². The average molecular weight is 309 g/mol. The number of methoxy groups -OCH3 is 1. The molecule has 1 aromatic heterocycles. The molecular formula is C14H14ClFN4O. The molecule has 0 saturated carbocycles. The van der Waals surface area contributed by atoms with Gasteiger partial charge in [0, 0.05) is 13.1 Å². The molecule has 0 amide bonds. The molecule has 3 rings (SSSR count). The maximum atomic E-state index is 13.5. The van der Waals surface area contributed by atoms with E-state index < -0.39 is 0 Å². The van der Waals surface area contributed by atoms with Gasteiger partial charge in [-0.3, -0.25) is 0 Å². The molecule has 21 heavy (non-hydrogen) atoms. The Hall–Kier alpha value is -1.95. The van der Waals surface area contributed by atoms with Crippen molar-refractivity contribution >= 4 is 17.5 Å². The van der Waals surface area contributed by atoms with Crippen LogP contribution in [0.15, 0.2) is 18.2 Å². The van der Waals surface area contributed by atoms with Crippen molar-refractivity contribution in [3.05, 3.63) is 29.3 Å². The Morgan fingerprint density at radius 3 is 2.67 bits per heavy atom. The van der Waals surface area contributed by atoms with Crippen LogP contribution >= 0.6 is 11.6 Å². The molecule has 2 heterocycles. The lowest BCUT2D eigenvalue weighted by Crippen LogP contribution is -2.21. The fraction of sp³-hybridized carbons (Fsp3) is 0.357. The van der Waals surface area contributed by atoms with E-state index in [-0.39, 0.29) is 11.1 Å². The topological polar surface area (TPSA) is 51.1 Å². The van der Waals surface area contributed by atoms with E-state index in [1.165, 1.54) is 25.3 Å². The van der Waals surface area contributed by atoms with Crippen molar-refractivity contribution in [1.29, 1.82) is 0 Å². The van der Waals surface area contributed by atoms with E-state index in [1.54, 1.807) is 0 Å². The first-order chi connectivity index (χ1) is 10.2. The van der Waals surface area contributed by atoms with Crippen molar-refractivity contribution in [1.82, 2.24) is 15.0 Å². The van der Waals surface area contributed by atoms with Crippen LogP contribution < -0.4 is 9.64 Å². The zero-order chi connectivity index (χ0) is 14.8. The van der Waals surface area contributed by atoms with Crippen molar-refractivity contribution in [2.24, 2.45) is 0 Å². The first-order valence-corrected chi connectivity index (χ1v) is 7.05. The van der Waals surface area contributed by atoms with Crippen LogP contribution in [0.5, 0.6) is 5.75 Å².